The number of nitrogens with one attached hydrogen (secondary N) is 1. The maximum Gasteiger partial charge on any atom is 0.250 e. The molecule has 3 rings (SSSR count). The first-order chi connectivity index (χ1) is 16.4. The normalized spacial score (nSPS) is 12.4. The lowest BCUT2D eigenvalue weighted by molar-refractivity contribution is -0.145. The van der Waals surface area contributed by atoms with Crippen molar-refractivity contribution in [2.75, 3.05) is 19.5 Å². The molecule has 0 spiro atoms. The molecule has 0 aliphatic rings. The summed E-state index contributed by atoms with van der Waals surface area (Å²) in [7, 11) is 3.09. The van der Waals surface area contributed by atoms with Crippen LogP contribution in [-0.2, 0) is 22.6 Å². The molecule has 2 aromatic carbocycles. The van der Waals surface area contributed by atoms with Crippen LogP contribution in [0.4, 0.5) is 5.69 Å². The molecule has 34 heavy (non-hydrogen) atoms. The van der Waals surface area contributed by atoms with Crippen LogP contribution in [0.15, 0.2) is 73.1 Å². The van der Waals surface area contributed by atoms with Gasteiger partial charge in [0, 0.05) is 25.0 Å². The van der Waals surface area contributed by atoms with Gasteiger partial charge in [-0.15, -0.1) is 0 Å². The van der Waals surface area contributed by atoms with Crippen LogP contribution in [0, 0.1) is 0 Å². The van der Waals surface area contributed by atoms with Crippen molar-refractivity contribution in [3.8, 4) is 11.5 Å². The lowest BCUT2D eigenvalue weighted by Crippen LogP contribution is -2.56. The fourth-order valence-corrected chi connectivity index (χ4v) is 3.71. The average molecular weight is 462 g/mol. The van der Waals surface area contributed by atoms with Gasteiger partial charge in [-0.3, -0.25) is 14.6 Å². The second-order valence-corrected chi connectivity index (χ2v) is 8.15. The van der Waals surface area contributed by atoms with Crippen LogP contribution in [0.25, 0.3) is 0 Å². The average Bonchev–Trinajstić information content (AvgIpc) is 2.88. The van der Waals surface area contributed by atoms with Crippen LogP contribution in [-0.4, -0.2) is 41.5 Å². The van der Waals surface area contributed by atoms with Crippen molar-refractivity contribution in [2.24, 2.45) is 0 Å². The quantitative estimate of drug-likeness (QED) is 0.482. The number of amides is 2. The Morgan fingerprint density at radius 3 is 2.35 bits per heavy atom. The van der Waals surface area contributed by atoms with E-state index in [4.69, 9.17) is 9.47 Å². The highest BCUT2D eigenvalue weighted by molar-refractivity contribution is 6.01. The van der Waals surface area contributed by atoms with E-state index in [9.17, 15) is 9.59 Å². The molecular weight excluding hydrogens is 430 g/mol. The zero-order valence-electron chi connectivity index (χ0n) is 20.1. The largest absolute Gasteiger partial charge is 0.497 e. The van der Waals surface area contributed by atoms with Crippen LogP contribution in [0.1, 0.15) is 31.4 Å². The number of carbonyl (C=O) groups is 2. The fourth-order valence-electron chi connectivity index (χ4n) is 3.71. The zero-order valence-corrected chi connectivity index (χ0v) is 20.1. The summed E-state index contributed by atoms with van der Waals surface area (Å²) in [6, 6.07) is 18.4. The zero-order chi connectivity index (χ0) is 24.6. The van der Waals surface area contributed by atoms with Gasteiger partial charge < -0.3 is 19.7 Å². The highest BCUT2D eigenvalue weighted by Gasteiger charge is 2.41. The number of hydrogen-bond donors (Lipinski definition) is 1. The van der Waals surface area contributed by atoms with E-state index in [2.05, 4.69) is 10.3 Å². The topological polar surface area (TPSA) is 80.8 Å². The van der Waals surface area contributed by atoms with E-state index in [0.717, 1.165) is 11.1 Å². The summed E-state index contributed by atoms with van der Waals surface area (Å²) in [6.45, 7) is 3.95. The van der Waals surface area contributed by atoms with Gasteiger partial charge in [-0.05, 0) is 42.7 Å². The van der Waals surface area contributed by atoms with Gasteiger partial charge in [0.05, 0.1) is 26.3 Å². The van der Waals surface area contributed by atoms with Gasteiger partial charge in [-0.1, -0.05) is 43.3 Å². The Kier molecular flexibility index (Phi) is 8.24. The van der Waals surface area contributed by atoms with Crippen LogP contribution in [0.5, 0.6) is 11.5 Å². The molecule has 178 valence electrons. The Morgan fingerprint density at radius 1 is 1.00 bits per heavy atom. The van der Waals surface area contributed by atoms with Gasteiger partial charge in [0.1, 0.15) is 17.0 Å². The summed E-state index contributed by atoms with van der Waals surface area (Å²) in [5.41, 5.74) is 1.12. The van der Waals surface area contributed by atoms with Gasteiger partial charge in [0.25, 0.3) is 0 Å². The van der Waals surface area contributed by atoms with Crippen molar-refractivity contribution in [3.05, 3.63) is 84.2 Å². The first-order valence-electron chi connectivity index (χ1n) is 11.2. The number of benzene rings is 2. The van der Waals surface area contributed by atoms with Gasteiger partial charge in [-0.2, -0.15) is 0 Å². The molecule has 7 heteroatoms. The number of carbonyl (C=O) groups excluding carboxylic acids is 2. The number of hydrogen-bond acceptors (Lipinski definition) is 5. The number of anilines is 1. The van der Waals surface area contributed by atoms with Crippen LogP contribution < -0.4 is 14.8 Å². The molecule has 0 radical (unpaired) electrons. The first-order valence-corrected chi connectivity index (χ1v) is 11.2. The molecule has 0 saturated heterocycles. The molecule has 0 saturated carbocycles. The Bertz CT molecular complexity index is 1110. The highest BCUT2D eigenvalue weighted by atomic mass is 16.5. The van der Waals surface area contributed by atoms with Crippen LogP contribution in [0.3, 0.4) is 0 Å². The molecule has 1 N–H and O–H groups in total. The van der Waals surface area contributed by atoms with E-state index in [1.807, 2.05) is 49.4 Å². The molecule has 0 aliphatic heterocycles. The molecule has 0 aliphatic carbocycles. The summed E-state index contributed by atoms with van der Waals surface area (Å²) in [4.78, 5) is 33.1. The molecule has 1 unspecified atom stereocenters. The van der Waals surface area contributed by atoms with Crippen molar-refractivity contribution >= 4 is 17.5 Å². The molecule has 2 amide bonds. The van der Waals surface area contributed by atoms with E-state index in [1.165, 1.54) is 7.11 Å². The number of ether oxygens (including phenoxy) is 2. The fraction of sp³-hybridized carbons (Fsp3) is 0.296. The van der Waals surface area contributed by atoms with E-state index in [1.54, 1.807) is 49.5 Å². The molecule has 7 nitrogen and oxygen atoms in total. The Labute approximate surface area is 200 Å². The molecule has 1 aromatic heterocycles. The Morgan fingerprint density at radius 2 is 1.74 bits per heavy atom. The summed E-state index contributed by atoms with van der Waals surface area (Å²) in [6.07, 6.45) is 4.00. The van der Waals surface area contributed by atoms with E-state index in [0.29, 0.717) is 23.6 Å². The predicted molar refractivity (Wildman–Crippen MR) is 132 cm³/mol. The standard InChI is InChI=1S/C27H31N3O4/c1-5-27(2,26(32)29-23-14-13-22(33-3)17-24(23)34-4)30(19-21-12-9-15-28-18-21)25(31)16-20-10-7-6-8-11-20/h6-15,17-18H,5,16,19H2,1-4H3,(H,29,32). The van der Waals surface area contributed by atoms with Crippen molar-refractivity contribution in [1.82, 2.24) is 9.88 Å². The minimum atomic E-state index is -1.12. The summed E-state index contributed by atoms with van der Waals surface area (Å²) in [5.74, 6) is 0.643. The third-order valence-electron chi connectivity index (χ3n) is 5.99. The molecule has 1 heterocycles. The van der Waals surface area contributed by atoms with Gasteiger partial charge in [-0.25, -0.2) is 0 Å². The number of nitrogens with zero attached hydrogens (tertiary/aromatic N) is 2. The predicted octanol–water partition coefficient (Wildman–Crippen LogP) is 4.48. The number of aromatic nitrogens is 1. The van der Waals surface area contributed by atoms with Crippen molar-refractivity contribution in [1.29, 1.82) is 0 Å². The summed E-state index contributed by atoms with van der Waals surface area (Å²) >= 11 is 0. The van der Waals surface area contributed by atoms with Gasteiger partial charge >= 0.3 is 0 Å². The van der Waals surface area contributed by atoms with Crippen LogP contribution >= 0.6 is 0 Å². The van der Waals surface area contributed by atoms with E-state index >= 15 is 0 Å². The molecule has 1 atom stereocenters. The number of pyridine rings is 1. The molecule has 0 bridgehead atoms. The smallest absolute Gasteiger partial charge is 0.250 e. The van der Waals surface area contributed by atoms with Crippen molar-refractivity contribution in [2.45, 2.75) is 38.8 Å². The van der Waals surface area contributed by atoms with Crippen molar-refractivity contribution < 1.29 is 19.1 Å². The Hall–Kier alpha value is -3.87. The third kappa shape index (κ3) is 5.73. The Balaban J connectivity index is 1.93. The van der Waals surface area contributed by atoms with E-state index in [-0.39, 0.29) is 24.8 Å². The second-order valence-electron chi connectivity index (χ2n) is 8.15. The van der Waals surface area contributed by atoms with Gasteiger partial charge in [0.2, 0.25) is 11.8 Å². The minimum Gasteiger partial charge on any atom is -0.497 e. The lowest BCUT2D eigenvalue weighted by Gasteiger charge is -2.40. The second kappa shape index (κ2) is 11.3. The third-order valence-corrected chi connectivity index (χ3v) is 5.99. The number of methoxy groups -OCH3 is 2. The maximum atomic E-state index is 13.7. The molecule has 0 fully saturated rings. The minimum absolute atomic E-state index is 0.142. The van der Waals surface area contributed by atoms with Crippen LogP contribution in [0.2, 0.25) is 0 Å². The maximum absolute atomic E-state index is 13.7. The van der Waals surface area contributed by atoms with Gasteiger partial charge in [0.15, 0.2) is 0 Å². The lowest BCUT2D eigenvalue weighted by atomic mass is 9.93. The first kappa shape index (κ1) is 24.8. The molecular formula is C27H31N3O4. The SMILES string of the molecule is CCC(C)(C(=O)Nc1ccc(OC)cc1OC)N(Cc1cccnc1)C(=O)Cc1ccccc1. The summed E-state index contributed by atoms with van der Waals surface area (Å²) in [5, 5.41) is 2.96. The van der Waals surface area contributed by atoms with Crippen molar-refractivity contribution in [3.63, 3.8) is 0 Å². The monoisotopic (exact) mass is 461 g/mol. The number of rotatable bonds is 10. The van der Waals surface area contributed by atoms with E-state index < -0.39 is 5.54 Å². The summed E-state index contributed by atoms with van der Waals surface area (Å²) < 4.78 is 10.7. The highest BCUT2D eigenvalue weighted by Crippen LogP contribution is 2.32. The molecule has 3 aromatic rings.